The fourth-order valence-electron chi connectivity index (χ4n) is 1.31. The fourth-order valence-corrected chi connectivity index (χ4v) is 3.23. The summed E-state index contributed by atoms with van der Waals surface area (Å²) < 4.78 is 85.1. The van der Waals surface area contributed by atoms with Gasteiger partial charge in [0.25, 0.3) is 15.5 Å². The number of hydrogen-bond donors (Lipinski definition) is 0. The molecule has 0 spiro atoms. The Morgan fingerprint density at radius 1 is 1.30 bits per heavy atom. The molecule has 20 heavy (non-hydrogen) atoms. The lowest BCUT2D eigenvalue weighted by atomic mass is 10.1. The molecule has 0 atom stereocenters. The third-order valence-corrected chi connectivity index (χ3v) is 4.23. The van der Waals surface area contributed by atoms with Crippen LogP contribution < -0.4 is 0 Å². The summed E-state index contributed by atoms with van der Waals surface area (Å²) in [7, 11) is 0.233. The van der Waals surface area contributed by atoms with Gasteiger partial charge in [0.05, 0.1) is 16.0 Å². The molecule has 0 amide bonds. The summed E-state index contributed by atoms with van der Waals surface area (Å²) in [5.74, 6) is 0. The molecule has 1 rings (SSSR count). The molecule has 0 aliphatic heterocycles. The third-order valence-electron chi connectivity index (χ3n) is 1.98. The first-order chi connectivity index (χ1) is 8.97. The Morgan fingerprint density at radius 3 is 2.20 bits per heavy atom. The molecule has 0 radical (unpaired) electrons. The number of alkyl halides is 5. The molecule has 110 valence electrons. The number of thioether (sulfide) groups is 1. The first-order valence-corrected chi connectivity index (χ1v) is 7.65. The number of hydrogen-bond acceptors (Lipinski definition) is 4. The predicted octanol–water partition coefficient (Wildman–Crippen LogP) is 4.04. The van der Waals surface area contributed by atoms with Crippen molar-refractivity contribution >= 4 is 31.5 Å². The van der Waals surface area contributed by atoms with E-state index < -0.39 is 53.7 Å². The average molecular weight is 352 g/mol. The van der Waals surface area contributed by atoms with Gasteiger partial charge in [0, 0.05) is 15.6 Å². The highest BCUT2D eigenvalue weighted by Gasteiger charge is 2.36. The molecule has 0 heterocycles. The first-order valence-electron chi connectivity index (χ1n) is 4.53. The Kier molecular flexibility index (Phi) is 4.89. The molecule has 0 N–H and O–H groups in total. The van der Waals surface area contributed by atoms with E-state index in [2.05, 4.69) is 0 Å². The molecule has 0 saturated heterocycles. The Labute approximate surface area is 118 Å². The van der Waals surface area contributed by atoms with E-state index in [1.807, 2.05) is 0 Å². The normalized spacial score (nSPS) is 12.5. The zero-order chi connectivity index (χ0) is 15.7. The Hall–Kier alpha value is -1.05. The minimum atomic E-state index is -4.97. The van der Waals surface area contributed by atoms with Crippen molar-refractivity contribution in [1.29, 1.82) is 5.26 Å². The highest BCUT2D eigenvalue weighted by Crippen LogP contribution is 2.45. The molecule has 0 aliphatic rings. The molecular formula is C9H3ClF5NO2S2. The number of nitrogens with zero attached hydrogens (tertiary/aromatic N) is 1. The van der Waals surface area contributed by atoms with Crippen molar-refractivity contribution in [2.24, 2.45) is 0 Å². The Bertz CT molecular complexity index is 666. The van der Waals surface area contributed by atoms with Gasteiger partial charge in [-0.1, -0.05) is 0 Å². The van der Waals surface area contributed by atoms with Crippen LogP contribution >= 0.6 is 22.4 Å². The summed E-state index contributed by atoms with van der Waals surface area (Å²) in [4.78, 5) is -2.32. The van der Waals surface area contributed by atoms with Gasteiger partial charge in [-0.05, 0) is 23.9 Å². The van der Waals surface area contributed by atoms with E-state index >= 15 is 0 Å². The SMILES string of the molecule is N#Cc1ccc(S(=O)(=O)Cl)c(C(F)F)c1SC(F)(F)F. The molecule has 0 fully saturated rings. The molecule has 1 aromatic carbocycles. The summed E-state index contributed by atoms with van der Waals surface area (Å²) >= 11 is -0.988. The lowest BCUT2D eigenvalue weighted by molar-refractivity contribution is -0.0329. The molecule has 11 heteroatoms. The molecule has 0 saturated carbocycles. The van der Waals surface area contributed by atoms with Crippen LogP contribution in [0.1, 0.15) is 17.6 Å². The second-order valence-corrected chi connectivity index (χ2v) is 6.86. The van der Waals surface area contributed by atoms with Crippen molar-refractivity contribution in [3.63, 3.8) is 0 Å². The van der Waals surface area contributed by atoms with Gasteiger partial charge >= 0.3 is 5.51 Å². The first kappa shape index (κ1) is 17.0. The summed E-state index contributed by atoms with van der Waals surface area (Å²) in [6, 6.07) is 2.56. The lowest BCUT2D eigenvalue weighted by Crippen LogP contribution is -2.07. The van der Waals surface area contributed by atoms with Gasteiger partial charge < -0.3 is 0 Å². The molecule has 0 unspecified atom stereocenters. The van der Waals surface area contributed by atoms with Crippen LogP contribution in [0.2, 0.25) is 0 Å². The topological polar surface area (TPSA) is 57.9 Å². The summed E-state index contributed by atoms with van der Waals surface area (Å²) in [5, 5.41) is 8.66. The van der Waals surface area contributed by atoms with Crippen LogP contribution in [0, 0.1) is 11.3 Å². The minimum absolute atomic E-state index is 0.572. The maximum absolute atomic E-state index is 12.9. The highest BCUT2D eigenvalue weighted by atomic mass is 35.7. The van der Waals surface area contributed by atoms with Crippen molar-refractivity contribution in [1.82, 2.24) is 0 Å². The van der Waals surface area contributed by atoms with E-state index in [1.165, 1.54) is 6.07 Å². The van der Waals surface area contributed by atoms with Gasteiger partial charge in [-0.2, -0.15) is 18.4 Å². The van der Waals surface area contributed by atoms with Crippen molar-refractivity contribution in [3.8, 4) is 6.07 Å². The van der Waals surface area contributed by atoms with Crippen molar-refractivity contribution < 1.29 is 30.4 Å². The third kappa shape index (κ3) is 3.97. The number of rotatable bonds is 3. The lowest BCUT2D eigenvalue weighted by Gasteiger charge is -2.14. The fraction of sp³-hybridized carbons (Fsp3) is 0.222. The number of nitriles is 1. The summed E-state index contributed by atoms with van der Waals surface area (Å²) in [6.45, 7) is 0. The maximum Gasteiger partial charge on any atom is 0.446 e. The smallest absolute Gasteiger partial charge is 0.207 e. The van der Waals surface area contributed by atoms with Gasteiger partial charge in [0.15, 0.2) is 0 Å². The molecule has 0 aromatic heterocycles. The van der Waals surface area contributed by atoms with Crippen LogP contribution in [0.4, 0.5) is 22.0 Å². The largest absolute Gasteiger partial charge is 0.446 e. The van der Waals surface area contributed by atoms with Crippen molar-refractivity contribution in [3.05, 3.63) is 23.3 Å². The van der Waals surface area contributed by atoms with Crippen LogP contribution in [0.5, 0.6) is 0 Å². The highest BCUT2D eigenvalue weighted by molar-refractivity contribution is 8.13. The summed E-state index contributed by atoms with van der Waals surface area (Å²) in [5.41, 5.74) is -7.11. The van der Waals surface area contributed by atoms with E-state index in [1.54, 1.807) is 0 Å². The minimum Gasteiger partial charge on any atom is -0.207 e. The van der Waals surface area contributed by atoms with Crippen molar-refractivity contribution in [2.45, 2.75) is 21.7 Å². The van der Waals surface area contributed by atoms with Gasteiger partial charge in [-0.25, -0.2) is 17.2 Å². The molecule has 0 bridgehead atoms. The van der Waals surface area contributed by atoms with Crippen LogP contribution in [-0.4, -0.2) is 13.9 Å². The van der Waals surface area contributed by atoms with E-state index in [9.17, 15) is 30.4 Å². The van der Waals surface area contributed by atoms with Crippen LogP contribution in [0.25, 0.3) is 0 Å². The molecule has 3 nitrogen and oxygen atoms in total. The van der Waals surface area contributed by atoms with Crippen LogP contribution in [0.15, 0.2) is 21.9 Å². The molecule has 0 aliphatic carbocycles. The quantitative estimate of drug-likeness (QED) is 0.468. The molecular weight excluding hydrogens is 349 g/mol. The second kappa shape index (κ2) is 5.75. The van der Waals surface area contributed by atoms with Gasteiger partial charge in [-0.3, -0.25) is 0 Å². The number of benzene rings is 1. The average Bonchev–Trinajstić information content (AvgIpc) is 2.24. The number of halogens is 6. The Balaban J connectivity index is 3.73. The zero-order valence-electron chi connectivity index (χ0n) is 9.08. The standard InChI is InChI=1S/C9H3ClF5NO2S2/c10-20(17,18)5-2-1-4(3-16)7(6(5)8(11)12)19-9(13,14)15/h1-2,8H. The van der Waals surface area contributed by atoms with E-state index in [0.29, 0.717) is 12.1 Å². The monoisotopic (exact) mass is 351 g/mol. The van der Waals surface area contributed by atoms with Crippen molar-refractivity contribution in [2.75, 3.05) is 0 Å². The zero-order valence-corrected chi connectivity index (χ0v) is 11.5. The van der Waals surface area contributed by atoms with Crippen LogP contribution in [0.3, 0.4) is 0 Å². The van der Waals surface area contributed by atoms with Crippen LogP contribution in [-0.2, 0) is 9.05 Å². The maximum atomic E-state index is 12.9. The second-order valence-electron chi connectivity index (χ2n) is 3.25. The predicted molar refractivity (Wildman–Crippen MR) is 61.1 cm³/mol. The molecule has 1 aromatic rings. The van der Waals surface area contributed by atoms with E-state index in [0.717, 1.165) is 0 Å². The summed E-state index contributed by atoms with van der Waals surface area (Å²) in [6.07, 6.45) is -3.54. The Morgan fingerprint density at radius 2 is 1.85 bits per heavy atom. The van der Waals surface area contributed by atoms with Gasteiger partial charge in [-0.15, -0.1) is 0 Å². The van der Waals surface area contributed by atoms with Gasteiger partial charge in [0.2, 0.25) is 0 Å². The van der Waals surface area contributed by atoms with E-state index in [4.69, 9.17) is 15.9 Å². The van der Waals surface area contributed by atoms with E-state index in [-0.39, 0.29) is 0 Å². The van der Waals surface area contributed by atoms with Gasteiger partial charge in [0.1, 0.15) is 6.07 Å².